The van der Waals surface area contributed by atoms with Crippen molar-refractivity contribution in [2.45, 2.75) is 0 Å². The highest BCUT2D eigenvalue weighted by Gasteiger charge is 2.46. The Kier molecular flexibility index (Phi) is 15.3. The Balaban J connectivity index is 0.964. The summed E-state index contributed by atoms with van der Waals surface area (Å²) in [6, 6.07) is 143. The van der Waals surface area contributed by atoms with Crippen LogP contribution >= 0.6 is 0 Å². The number of fused-ring (bicyclic) bond motifs is 7. The van der Waals surface area contributed by atoms with Crippen molar-refractivity contribution in [2.24, 2.45) is 0 Å². The van der Waals surface area contributed by atoms with Crippen molar-refractivity contribution in [3.63, 3.8) is 0 Å². The van der Waals surface area contributed by atoms with E-state index in [1.54, 1.807) is 0 Å². The van der Waals surface area contributed by atoms with Gasteiger partial charge in [-0.15, -0.1) is 0 Å². The number of anilines is 6. The molecule has 0 saturated heterocycles. The average Bonchev–Trinajstić information content (AvgIpc) is 0.793. The Bertz CT molecular complexity index is 5870. The Morgan fingerprint density at radius 2 is 0.519 bits per heavy atom. The standard InChI is InChI=1S/C100H66BN5/c1-9-31-67(32-10-1)78-49-29-50-79(68-33-11-2-12-34-68)99(78)105-94-57-55-75(86-65-102-90(73-43-21-7-22-44-73)63-84(86)71-39-17-5-18-40-71)59-88(94)101-89-60-76(87-66-103-91(74-45-23-8-24-46-74)64-85(87)72-41-19-6-20-42-72)56-58-95(89)106(100-80(69-35-13-3-14-36-69)51-30-52-81(100)70-37-15-4-16-38-70)97-62-77(61-96(105)98(97)101)104-92-53-27-25-47-82(92)83-48-26-28-54-93(83)104/h1-66H. The molecule has 0 bridgehead atoms. The van der Waals surface area contributed by atoms with Gasteiger partial charge in [-0.25, -0.2) is 0 Å². The number of benzene rings is 15. The highest BCUT2D eigenvalue weighted by atomic mass is 15.2. The van der Waals surface area contributed by atoms with E-state index in [1.165, 1.54) is 16.2 Å². The van der Waals surface area contributed by atoms with Crippen LogP contribution in [0.2, 0.25) is 0 Å². The van der Waals surface area contributed by atoms with Gasteiger partial charge in [-0.3, -0.25) is 9.97 Å². The van der Waals surface area contributed by atoms with E-state index >= 15 is 0 Å². The van der Waals surface area contributed by atoms with E-state index in [0.717, 1.165) is 173 Å². The number of hydrogen-bond donors (Lipinski definition) is 0. The number of para-hydroxylation sites is 4. The average molecular weight is 1350 g/mol. The van der Waals surface area contributed by atoms with Gasteiger partial charge in [0.2, 0.25) is 0 Å². The van der Waals surface area contributed by atoms with Crippen LogP contribution in [0.25, 0.3) is 139 Å². The third-order valence-corrected chi connectivity index (χ3v) is 21.5. The molecular formula is C100H66BN5. The zero-order valence-corrected chi connectivity index (χ0v) is 57.9. The van der Waals surface area contributed by atoms with Crippen LogP contribution in [-0.4, -0.2) is 21.2 Å². The Hall–Kier alpha value is -13.9. The first-order valence-electron chi connectivity index (χ1n) is 36.4. The van der Waals surface area contributed by atoms with Crippen LogP contribution in [0.15, 0.2) is 401 Å². The number of nitrogens with zero attached hydrogens (tertiary/aromatic N) is 5. The van der Waals surface area contributed by atoms with Gasteiger partial charge in [0.05, 0.1) is 39.5 Å². The summed E-state index contributed by atoms with van der Waals surface area (Å²) in [5, 5.41) is 2.38. The van der Waals surface area contributed by atoms with Crippen LogP contribution < -0.4 is 26.2 Å². The van der Waals surface area contributed by atoms with E-state index in [0.29, 0.717) is 0 Å². The maximum absolute atomic E-state index is 5.38. The smallest absolute Gasteiger partial charge is 0.252 e. The van der Waals surface area contributed by atoms with Crippen molar-refractivity contribution < 1.29 is 0 Å². The number of aromatic nitrogens is 3. The molecule has 0 amide bonds. The third-order valence-electron chi connectivity index (χ3n) is 21.5. The second-order valence-electron chi connectivity index (χ2n) is 27.5. The molecule has 5 heterocycles. The lowest BCUT2D eigenvalue weighted by Gasteiger charge is -2.46. The maximum atomic E-state index is 5.38. The molecule has 0 spiro atoms. The van der Waals surface area contributed by atoms with Crippen LogP contribution in [0.3, 0.4) is 0 Å². The molecule has 3 aromatic heterocycles. The van der Waals surface area contributed by atoms with Gasteiger partial charge in [0.15, 0.2) is 0 Å². The monoisotopic (exact) mass is 1350 g/mol. The van der Waals surface area contributed by atoms with Gasteiger partial charge in [0, 0.05) is 90.4 Å². The minimum absolute atomic E-state index is 0.379. The fraction of sp³-hybridized carbons (Fsp3) is 0. The lowest BCUT2D eigenvalue weighted by molar-refractivity contribution is 1.16. The summed E-state index contributed by atoms with van der Waals surface area (Å²) < 4.78 is 2.51. The molecule has 18 aromatic rings. The molecular weight excluding hydrogens is 1280 g/mol. The molecule has 15 aromatic carbocycles. The van der Waals surface area contributed by atoms with Crippen LogP contribution in [0.5, 0.6) is 0 Å². The van der Waals surface area contributed by atoms with Crippen molar-refractivity contribution in [1.29, 1.82) is 0 Å². The lowest BCUT2D eigenvalue weighted by Crippen LogP contribution is -2.61. The van der Waals surface area contributed by atoms with Gasteiger partial charge in [-0.2, -0.15) is 0 Å². The van der Waals surface area contributed by atoms with Gasteiger partial charge >= 0.3 is 0 Å². The van der Waals surface area contributed by atoms with Crippen molar-refractivity contribution in [1.82, 2.24) is 14.5 Å². The second-order valence-corrected chi connectivity index (χ2v) is 27.5. The Morgan fingerprint density at radius 3 is 0.858 bits per heavy atom. The topological polar surface area (TPSA) is 37.2 Å². The molecule has 2 aliphatic heterocycles. The molecule has 5 nitrogen and oxygen atoms in total. The molecule has 0 N–H and O–H groups in total. The molecule has 0 saturated carbocycles. The fourth-order valence-electron chi connectivity index (χ4n) is 16.7. The summed E-state index contributed by atoms with van der Waals surface area (Å²) in [6.07, 6.45) is 4.22. The molecule has 0 aliphatic carbocycles. The maximum Gasteiger partial charge on any atom is 0.252 e. The predicted octanol–water partition coefficient (Wildman–Crippen LogP) is 24.3. The van der Waals surface area contributed by atoms with Crippen LogP contribution in [0.4, 0.5) is 34.1 Å². The van der Waals surface area contributed by atoms with E-state index in [9.17, 15) is 0 Å². The minimum atomic E-state index is -0.379. The van der Waals surface area contributed by atoms with Gasteiger partial charge in [-0.05, 0) is 121 Å². The zero-order valence-electron chi connectivity index (χ0n) is 57.9. The summed E-state index contributed by atoms with van der Waals surface area (Å²) in [5.74, 6) is 0. The molecule has 6 heteroatoms. The Labute approximate surface area is 617 Å². The number of hydrogen-bond acceptors (Lipinski definition) is 4. The quantitative estimate of drug-likeness (QED) is 0.108. The van der Waals surface area contributed by atoms with Gasteiger partial charge in [-0.1, -0.05) is 340 Å². The summed E-state index contributed by atoms with van der Waals surface area (Å²) >= 11 is 0. The minimum Gasteiger partial charge on any atom is -0.310 e. The van der Waals surface area contributed by atoms with E-state index in [2.05, 4.69) is 415 Å². The first kappa shape index (κ1) is 61.9. The number of rotatable bonds is 13. The summed E-state index contributed by atoms with van der Waals surface area (Å²) in [5.41, 5.74) is 34.6. The van der Waals surface area contributed by atoms with E-state index in [4.69, 9.17) is 9.97 Å². The summed E-state index contributed by atoms with van der Waals surface area (Å²) in [7, 11) is 0. The van der Waals surface area contributed by atoms with Crippen molar-refractivity contribution >= 4 is 79.0 Å². The molecule has 2 aliphatic rings. The third kappa shape index (κ3) is 10.6. The lowest BCUT2D eigenvalue weighted by atomic mass is 9.33. The molecule has 0 radical (unpaired) electrons. The predicted molar refractivity (Wildman–Crippen MR) is 445 cm³/mol. The van der Waals surface area contributed by atoms with Crippen molar-refractivity contribution in [3.05, 3.63) is 401 Å². The van der Waals surface area contributed by atoms with Crippen LogP contribution in [0.1, 0.15) is 0 Å². The molecule has 0 atom stereocenters. The molecule has 494 valence electrons. The van der Waals surface area contributed by atoms with Crippen molar-refractivity contribution in [2.75, 3.05) is 9.80 Å². The van der Waals surface area contributed by atoms with E-state index < -0.39 is 0 Å². The zero-order chi connectivity index (χ0) is 70.0. The Morgan fingerprint density at radius 1 is 0.217 bits per heavy atom. The first-order valence-corrected chi connectivity index (χ1v) is 36.4. The second kappa shape index (κ2) is 26.2. The largest absolute Gasteiger partial charge is 0.310 e. The summed E-state index contributed by atoms with van der Waals surface area (Å²) in [6.45, 7) is -0.379. The molecule has 106 heavy (non-hydrogen) atoms. The van der Waals surface area contributed by atoms with Crippen LogP contribution in [-0.2, 0) is 0 Å². The highest BCUT2D eigenvalue weighted by molar-refractivity contribution is 7.00. The van der Waals surface area contributed by atoms with Gasteiger partial charge in [0.1, 0.15) is 0 Å². The van der Waals surface area contributed by atoms with E-state index in [1.807, 2.05) is 0 Å². The fourth-order valence-corrected chi connectivity index (χ4v) is 16.7. The highest BCUT2D eigenvalue weighted by Crippen LogP contribution is 2.55. The van der Waals surface area contributed by atoms with E-state index in [-0.39, 0.29) is 6.71 Å². The van der Waals surface area contributed by atoms with Gasteiger partial charge < -0.3 is 14.4 Å². The van der Waals surface area contributed by atoms with Gasteiger partial charge in [0.25, 0.3) is 6.71 Å². The van der Waals surface area contributed by atoms with Crippen molar-refractivity contribution in [3.8, 4) is 117 Å². The molecule has 0 fully saturated rings. The number of pyridine rings is 2. The van der Waals surface area contributed by atoms with Crippen LogP contribution in [0, 0.1) is 0 Å². The first-order chi connectivity index (χ1) is 52.6. The normalized spacial score (nSPS) is 12.1. The SMILES string of the molecule is c1ccc(-c2cc(-c3ccccc3)c(-c3ccc4c(c3)B3c5cc(-c6cnc(-c7ccccc7)cc6-c6ccccc6)ccc5N(c5c(-c6ccccc6)cccc5-c5ccccc5)c5cc(-n6c7ccccc7c7ccccc76)cc(c53)N4c3c(-c4ccccc4)cccc3-c3ccccc3)cn2)cc1. The molecule has 20 rings (SSSR count). The molecule has 0 unspecified atom stereocenters. The summed E-state index contributed by atoms with van der Waals surface area (Å²) in [4.78, 5) is 16.1.